The summed E-state index contributed by atoms with van der Waals surface area (Å²) in [7, 11) is 0. The first kappa shape index (κ1) is 12.6. The van der Waals surface area contributed by atoms with Gasteiger partial charge in [-0.2, -0.15) is 0 Å². The topological polar surface area (TPSA) is 124 Å². The number of primary amides is 1. The lowest BCUT2D eigenvalue weighted by atomic mass is 10.3. The molecule has 0 aliphatic carbocycles. The molecule has 0 aliphatic rings. The largest absolute Gasteiger partial charge is 0.448 e. The van der Waals surface area contributed by atoms with E-state index in [2.05, 4.69) is 9.97 Å². The first-order valence-corrected chi connectivity index (χ1v) is 4.58. The van der Waals surface area contributed by atoms with Gasteiger partial charge in [0.25, 0.3) is 5.91 Å². The van der Waals surface area contributed by atoms with Crippen LogP contribution in [-0.4, -0.2) is 34.0 Å². The average Bonchev–Trinajstić information content (AvgIpc) is 2.29. The van der Waals surface area contributed by atoms with Crippen molar-refractivity contribution in [1.82, 2.24) is 15.3 Å². The number of nitrogens with one attached hydrogen (secondary N) is 1. The number of hydrogen-bond donors (Lipinski definition) is 2. The summed E-state index contributed by atoms with van der Waals surface area (Å²) in [4.78, 5) is 40.4. The SMILES string of the molecule is C[C@H](OC(=O)c1cnccn1)C(=O)NC(N)=O. The molecular weight excluding hydrogens is 228 g/mol. The van der Waals surface area contributed by atoms with Gasteiger partial charge < -0.3 is 10.5 Å². The number of esters is 1. The monoisotopic (exact) mass is 238 g/mol. The Morgan fingerprint density at radius 1 is 1.41 bits per heavy atom. The predicted octanol–water partition coefficient (Wildman–Crippen LogP) is -0.783. The normalized spacial score (nSPS) is 11.4. The van der Waals surface area contributed by atoms with Crippen molar-refractivity contribution in [2.75, 3.05) is 0 Å². The van der Waals surface area contributed by atoms with Crippen LogP contribution in [0, 0.1) is 0 Å². The molecule has 0 saturated heterocycles. The molecule has 0 aliphatic heterocycles. The number of ether oxygens (including phenoxy) is 1. The highest BCUT2D eigenvalue weighted by Crippen LogP contribution is 1.99. The number of hydrogen-bond acceptors (Lipinski definition) is 6. The number of amides is 3. The fourth-order valence-electron chi connectivity index (χ4n) is 0.902. The Morgan fingerprint density at radius 2 is 2.12 bits per heavy atom. The van der Waals surface area contributed by atoms with Crippen LogP contribution in [0.4, 0.5) is 4.79 Å². The van der Waals surface area contributed by atoms with Crippen LogP contribution in [0.3, 0.4) is 0 Å². The number of urea groups is 1. The van der Waals surface area contributed by atoms with Crippen LogP contribution in [0.15, 0.2) is 18.6 Å². The molecule has 0 aromatic carbocycles. The number of nitrogens with two attached hydrogens (primary N) is 1. The highest BCUT2D eigenvalue weighted by Gasteiger charge is 2.20. The second-order valence-electron chi connectivity index (χ2n) is 2.99. The molecule has 1 rings (SSSR count). The van der Waals surface area contributed by atoms with Gasteiger partial charge in [-0.05, 0) is 6.92 Å². The Labute approximate surface area is 96.2 Å². The van der Waals surface area contributed by atoms with E-state index in [0.717, 1.165) is 0 Å². The van der Waals surface area contributed by atoms with E-state index in [1.807, 2.05) is 0 Å². The van der Waals surface area contributed by atoms with E-state index < -0.39 is 24.0 Å². The molecule has 0 saturated carbocycles. The van der Waals surface area contributed by atoms with Crippen LogP contribution < -0.4 is 11.1 Å². The van der Waals surface area contributed by atoms with Gasteiger partial charge in [-0.25, -0.2) is 14.6 Å². The predicted molar refractivity (Wildman–Crippen MR) is 54.6 cm³/mol. The summed E-state index contributed by atoms with van der Waals surface area (Å²) in [6.07, 6.45) is 2.74. The minimum absolute atomic E-state index is 0.0359. The smallest absolute Gasteiger partial charge is 0.359 e. The van der Waals surface area contributed by atoms with Gasteiger partial charge in [-0.1, -0.05) is 0 Å². The van der Waals surface area contributed by atoms with E-state index in [4.69, 9.17) is 10.5 Å². The molecule has 90 valence electrons. The van der Waals surface area contributed by atoms with E-state index in [1.165, 1.54) is 25.5 Å². The maximum absolute atomic E-state index is 11.4. The lowest BCUT2D eigenvalue weighted by molar-refractivity contribution is -0.127. The van der Waals surface area contributed by atoms with Crippen molar-refractivity contribution in [2.24, 2.45) is 5.73 Å². The second-order valence-corrected chi connectivity index (χ2v) is 2.99. The van der Waals surface area contributed by atoms with Gasteiger partial charge in [0.15, 0.2) is 11.8 Å². The summed E-state index contributed by atoms with van der Waals surface area (Å²) in [5.74, 6) is -1.63. The van der Waals surface area contributed by atoms with Gasteiger partial charge in [0.1, 0.15) is 0 Å². The minimum atomic E-state index is -1.16. The van der Waals surface area contributed by atoms with Crippen LogP contribution in [0.5, 0.6) is 0 Å². The molecule has 0 bridgehead atoms. The summed E-state index contributed by atoms with van der Waals surface area (Å²) in [5, 5.41) is 1.79. The molecule has 0 fully saturated rings. The van der Waals surface area contributed by atoms with Crippen LogP contribution >= 0.6 is 0 Å². The minimum Gasteiger partial charge on any atom is -0.448 e. The second kappa shape index (κ2) is 5.54. The van der Waals surface area contributed by atoms with Crippen LogP contribution in [0.2, 0.25) is 0 Å². The molecule has 8 heteroatoms. The zero-order valence-electron chi connectivity index (χ0n) is 8.91. The van der Waals surface area contributed by atoms with Gasteiger partial charge in [0.2, 0.25) is 0 Å². The van der Waals surface area contributed by atoms with Crippen molar-refractivity contribution in [1.29, 1.82) is 0 Å². The van der Waals surface area contributed by atoms with Crippen molar-refractivity contribution >= 4 is 17.9 Å². The molecule has 0 spiro atoms. The lowest BCUT2D eigenvalue weighted by Gasteiger charge is -2.11. The van der Waals surface area contributed by atoms with Gasteiger partial charge in [-0.15, -0.1) is 0 Å². The summed E-state index contributed by atoms with van der Waals surface area (Å²) in [6, 6.07) is -1.02. The third-order valence-corrected chi connectivity index (χ3v) is 1.67. The fraction of sp³-hybridized carbons (Fsp3) is 0.222. The standard InChI is InChI=1S/C9H10N4O4/c1-5(7(14)13-9(10)16)17-8(15)6-4-11-2-3-12-6/h2-5H,1H3,(H3,10,13,14,16)/t5-/m0/s1. The number of carbonyl (C=O) groups is 3. The van der Waals surface area contributed by atoms with Gasteiger partial charge in [-0.3, -0.25) is 15.1 Å². The van der Waals surface area contributed by atoms with Crippen LogP contribution in [0.1, 0.15) is 17.4 Å². The molecule has 1 aromatic rings. The summed E-state index contributed by atoms with van der Waals surface area (Å²) < 4.78 is 4.74. The number of nitrogens with zero attached hydrogens (tertiary/aromatic N) is 2. The summed E-state index contributed by atoms with van der Waals surface area (Å²) in [5.41, 5.74) is 4.70. The van der Waals surface area contributed by atoms with Crippen molar-refractivity contribution in [3.63, 3.8) is 0 Å². The number of imide groups is 1. The highest BCUT2D eigenvalue weighted by atomic mass is 16.5. The maximum atomic E-state index is 11.4. The highest BCUT2D eigenvalue weighted by molar-refractivity contribution is 5.97. The Bertz CT molecular complexity index is 434. The maximum Gasteiger partial charge on any atom is 0.359 e. The van der Waals surface area contributed by atoms with Gasteiger partial charge in [0, 0.05) is 12.4 Å². The molecule has 1 atom stereocenters. The molecule has 17 heavy (non-hydrogen) atoms. The van der Waals surface area contributed by atoms with E-state index in [9.17, 15) is 14.4 Å². The average molecular weight is 238 g/mol. The zero-order valence-corrected chi connectivity index (χ0v) is 8.91. The first-order valence-electron chi connectivity index (χ1n) is 4.58. The zero-order chi connectivity index (χ0) is 12.8. The van der Waals surface area contributed by atoms with Gasteiger partial charge in [0.05, 0.1) is 6.20 Å². The molecule has 1 aromatic heterocycles. The van der Waals surface area contributed by atoms with E-state index in [0.29, 0.717) is 0 Å². The van der Waals surface area contributed by atoms with Crippen LogP contribution in [-0.2, 0) is 9.53 Å². The Morgan fingerprint density at radius 3 is 2.65 bits per heavy atom. The molecule has 3 N–H and O–H groups in total. The quantitative estimate of drug-likeness (QED) is 0.665. The van der Waals surface area contributed by atoms with Crippen molar-refractivity contribution in [3.8, 4) is 0 Å². The van der Waals surface area contributed by atoms with Crippen molar-refractivity contribution in [2.45, 2.75) is 13.0 Å². The molecule has 1 heterocycles. The third kappa shape index (κ3) is 3.86. The van der Waals surface area contributed by atoms with Crippen LogP contribution in [0.25, 0.3) is 0 Å². The van der Waals surface area contributed by atoms with Crippen molar-refractivity contribution in [3.05, 3.63) is 24.3 Å². The third-order valence-electron chi connectivity index (χ3n) is 1.67. The summed E-state index contributed by atoms with van der Waals surface area (Å²) in [6.45, 7) is 1.30. The fourth-order valence-corrected chi connectivity index (χ4v) is 0.902. The van der Waals surface area contributed by atoms with E-state index in [1.54, 1.807) is 5.32 Å². The number of aromatic nitrogens is 2. The van der Waals surface area contributed by atoms with Crippen molar-refractivity contribution < 1.29 is 19.1 Å². The van der Waals surface area contributed by atoms with E-state index >= 15 is 0 Å². The molecule has 0 unspecified atom stereocenters. The number of carbonyl (C=O) groups excluding carboxylic acids is 3. The molecule has 0 radical (unpaired) electrons. The summed E-state index contributed by atoms with van der Waals surface area (Å²) >= 11 is 0. The molecule has 8 nitrogen and oxygen atoms in total. The first-order chi connectivity index (χ1) is 8.00. The molecule has 3 amide bonds. The molecular formula is C9H10N4O4. The Balaban J connectivity index is 2.57. The van der Waals surface area contributed by atoms with Gasteiger partial charge >= 0.3 is 12.0 Å². The number of rotatable bonds is 3. The lowest BCUT2D eigenvalue weighted by Crippen LogP contribution is -2.42. The van der Waals surface area contributed by atoms with E-state index in [-0.39, 0.29) is 5.69 Å². The Kier molecular flexibility index (Phi) is 4.09. The Hall–Kier alpha value is -2.51.